The van der Waals surface area contributed by atoms with Crippen molar-refractivity contribution in [2.45, 2.75) is 39.5 Å². The number of nitrogens with one attached hydrogen (secondary N) is 1. The third kappa shape index (κ3) is 4.41. The second-order valence-electron chi connectivity index (χ2n) is 6.66. The van der Waals surface area contributed by atoms with Gasteiger partial charge in [0.2, 0.25) is 0 Å². The van der Waals surface area contributed by atoms with Crippen molar-refractivity contribution in [1.82, 2.24) is 5.32 Å². The molecule has 0 radical (unpaired) electrons. The summed E-state index contributed by atoms with van der Waals surface area (Å²) in [6, 6.07) is 12.3. The minimum Gasteiger partial charge on any atom is -0.493 e. The Hall–Kier alpha value is -2.40. The van der Waals surface area contributed by atoms with Gasteiger partial charge in [-0.3, -0.25) is 0 Å². The first-order valence-electron chi connectivity index (χ1n) is 9.03. The second kappa shape index (κ2) is 8.32. The lowest BCUT2D eigenvalue weighted by molar-refractivity contribution is 0.171. The molecule has 0 saturated carbocycles. The third-order valence-corrected chi connectivity index (χ3v) is 4.27. The van der Waals surface area contributed by atoms with Crippen molar-refractivity contribution in [3.63, 3.8) is 0 Å². The number of methoxy groups -OCH3 is 1. The van der Waals surface area contributed by atoms with Crippen LogP contribution >= 0.6 is 0 Å². The highest BCUT2D eigenvalue weighted by Crippen LogP contribution is 2.33. The summed E-state index contributed by atoms with van der Waals surface area (Å²) in [6.45, 7) is 8.09. The van der Waals surface area contributed by atoms with Gasteiger partial charge in [0, 0.05) is 12.6 Å². The third-order valence-electron chi connectivity index (χ3n) is 4.27. The topological polar surface area (TPSA) is 49.0 Å². The number of benzene rings is 2. The van der Waals surface area contributed by atoms with E-state index in [4.69, 9.17) is 18.9 Å². The molecule has 26 heavy (non-hydrogen) atoms. The van der Waals surface area contributed by atoms with Gasteiger partial charge in [0.25, 0.3) is 0 Å². The fourth-order valence-electron chi connectivity index (χ4n) is 2.89. The molecule has 5 heteroatoms. The zero-order valence-electron chi connectivity index (χ0n) is 15.9. The van der Waals surface area contributed by atoms with Crippen LogP contribution in [0.25, 0.3) is 0 Å². The molecule has 0 aliphatic carbocycles. The van der Waals surface area contributed by atoms with Crippen molar-refractivity contribution in [1.29, 1.82) is 0 Å². The number of rotatable bonds is 7. The molecule has 1 N–H and O–H groups in total. The maximum atomic E-state index is 5.77. The van der Waals surface area contributed by atoms with Gasteiger partial charge in [-0.05, 0) is 56.2 Å². The first-order chi connectivity index (χ1) is 12.6. The van der Waals surface area contributed by atoms with Gasteiger partial charge in [-0.25, -0.2) is 0 Å². The zero-order valence-corrected chi connectivity index (χ0v) is 15.9. The van der Waals surface area contributed by atoms with E-state index in [1.54, 1.807) is 7.11 Å². The minimum absolute atomic E-state index is 0.114. The number of fused-ring (bicyclic) bond motifs is 1. The standard InChI is InChI=1S/C21H27NO4/c1-14(2)26-19-7-5-16(11-20(19)23-4)13-22-15(3)17-6-8-18-21(12-17)25-10-9-24-18/h5-8,11-12,14-15,22H,9-10,13H2,1-4H3. The predicted octanol–water partition coefficient (Wildman–Crippen LogP) is 4.10. The Kier molecular flexibility index (Phi) is 5.89. The largest absolute Gasteiger partial charge is 0.493 e. The van der Waals surface area contributed by atoms with E-state index in [0.29, 0.717) is 13.2 Å². The quantitative estimate of drug-likeness (QED) is 0.808. The van der Waals surface area contributed by atoms with E-state index in [9.17, 15) is 0 Å². The van der Waals surface area contributed by atoms with E-state index in [1.165, 1.54) is 5.56 Å². The fourth-order valence-corrected chi connectivity index (χ4v) is 2.89. The van der Waals surface area contributed by atoms with Crippen molar-refractivity contribution in [2.75, 3.05) is 20.3 Å². The van der Waals surface area contributed by atoms with Crippen molar-refractivity contribution in [3.8, 4) is 23.0 Å². The molecule has 1 aliphatic heterocycles. The first kappa shape index (κ1) is 18.4. The molecule has 0 aromatic heterocycles. The van der Waals surface area contributed by atoms with Crippen LogP contribution in [0.5, 0.6) is 23.0 Å². The summed E-state index contributed by atoms with van der Waals surface area (Å²) in [5.41, 5.74) is 2.31. The molecule has 1 aliphatic rings. The van der Waals surface area contributed by atoms with Crippen LogP contribution in [-0.2, 0) is 6.54 Å². The smallest absolute Gasteiger partial charge is 0.161 e. The predicted molar refractivity (Wildman–Crippen MR) is 101 cm³/mol. The van der Waals surface area contributed by atoms with Gasteiger partial charge in [-0.1, -0.05) is 12.1 Å². The van der Waals surface area contributed by atoms with Gasteiger partial charge in [0.05, 0.1) is 13.2 Å². The average molecular weight is 357 g/mol. The monoisotopic (exact) mass is 357 g/mol. The number of ether oxygens (including phenoxy) is 4. The summed E-state index contributed by atoms with van der Waals surface area (Å²) in [6.07, 6.45) is 0.114. The fraction of sp³-hybridized carbons (Fsp3) is 0.429. The SMILES string of the molecule is COc1cc(CNC(C)c2ccc3c(c2)OCCO3)ccc1OC(C)C. The lowest BCUT2D eigenvalue weighted by Crippen LogP contribution is -2.19. The Morgan fingerprint density at radius 3 is 2.46 bits per heavy atom. The summed E-state index contributed by atoms with van der Waals surface area (Å²) in [7, 11) is 1.66. The number of hydrogen-bond acceptors (Lipinski definition) is 5. The van der Waals surface area contributed by atoms with Crippen molar-refractivity contribution < 1.29 is 18.9 Å². The normalized spacial score (nSPS) is 14.2. The van der Waals surface area contributed by atoms with E-state index in [1.807, 2.05) is 38.1 Å². The molecule has 0 bridgehead atoms. The van der Waals surface area contributed by atoms with Crippen LogP contribution in [0, 0.1) is 0 Å². The first-order valence-corrected chi connectivity index (χ1v) is 9.03. The molecular formula is C21H27NO4. The molecule has 0 spiro atoms. The van der Waals surface area contributed by atoms with Crippen LogP contribution in [0.4, 0.5) is 0 Å². The molecule has 1 unspecified atom stereocenters. The molecule has 2 aromatic carbocycles. The van der Waals surface area contributed by atoms with Gasteiger partial charge in [0.1, 0.15) is 13.2 Å². The van der Waals surface area contributed by atoms with Crippen LogP contribution in [0.15, 0.2) is 36.4 Å². The van der Waals surface area contributed by atoms with Crippen LogP contribution < -0.4 is 24.3 Å². The zero-order chi connectivity index (χ0) is 18.5. The van der Waals surface area contributed by atoms with Crippen molar-refractivity contribution >= 4 is 0 Å². The van der Waals surface area contributed by atoms with Crippen LogP contribution in [0.3, 0.4) is 0 Å². The van der Waals surface area contributed by atoms with Gasteiger partial charge in [-0.15, -0.1) is 0 Å². The van der Waals surface area contributed by atoms with E-state index >= 15 is 0 Å². The lowest BCUT2D eigenvalue weighted by atomic mass is 10.1. The number of hydrogen-bond donors (Lipinski definition) is 1. The molecule has 140 valence electrons. The minimum atomic E-state index is 0.114. The summed E-state index contributed by atoms with van der Waals surface area (Å²) in [4.78, 5) is 0. The van der Waals surface area contributed by atoms with E-state index in [2.05, 4.69) is 24.4 Å². The highest BCUT2D eigenvalue weighted by molar-refractivity contribution is 5.45. The van der Waals surface area contributed by atoms with Gasteiger partial charge in [0.15, 0.2) is 23.0 Å². The average Bonchev–Trinajstić information content (AvgIpc) is 2.66. The van der Waals surface area contributed by atoms with Crippen molar-refractivity contribution in [3.05, 3.63) is 47.5 Å². The Labute approximate surface area is 155 Å². The lowest BCUT2D eigenvalue weighted by Gasteiger charge is -2.21. The van der Waals surface area contributed by atoms with E-state index in [-0.39, 0.29) is 12.1 Å². The summed E-state index contributed by atoms with van der Waals surface area (Å²) < 4.78 is 22.5. The molecule has 0 saturated heterocycles. The van der Waals surface area contributed by atoms with Crippen LogP contribution in [0.1, 0.15) is 37.9 Å². The molecule has 1 heterocycles. The Bertz CT molecular complexity index is 745. The Morgan fingerprint density at radius 2 is 1.73 bits per heavy atom. The molecule has 5 nitrogen and oxygen atoms in total. The maximum Gasteiger partial charge on any atom is 0.161 e. The highest BCUT2D eigenvalue weighted by atomic mass is 16.6. The molecule has 0 fully saturated rings. The van der Waals surface area contributed by atoms with E-state index in [0.717, 1.165) is 35.1 Å². The van der Waals surface area contributed by atoms with Crippen LogP contribution in [-0.4, -0.2) is 26.4 Å². The van der Waals surface area contributed by atoms with Crippen LogP contribution in [0.2, 0.25) is 0 Å². The summed E-state index contributed by atoms with van der Waals surface area (Å²) >= 11 is 0. The second-order valence-corrected chi connectivity index (χ2v) is 6.66. The molecule has 3 rings (SSSR count). The van der Waals surface area contributed by atoms with Gasteiger partial charge >= 0.3 is 0 Å². The summed E-state index contributed by atoms with van der Waals surface area (Å²) in [5.74, 6) is 3.16. The maximum absolute atomic E-state index is 5.77. The van der Waals surface area contributed by atoms with E-state index < -0.39 is 0 Å². The van der Waals surface area contributed by atoms with Gasteiger partial charge < -0.3 is 24.3 Å². The Morgan fingerprint density at radius 1 is 0.962 bits per heavy atom. The molecular weight excluding hydrogens is 330 g/mol. The molecule has 0 amide bonds. The highest BCUT2D eigenvalue weighted by Gasteiger charge is 2.14. The summed E-state index contributed by atoms with van der Waals surface area (Å²) in [5, 5.41) is 3.54. The molecule has 1 atom stereocenters. The molecule has 2 aromatic rings. The van der Waals surface area contributed by atoms with Gasteiger partial charge in [-0.2, -0.15) is 0 Å². The van der Waals surface area contributed by atoms with Crippen molar-refractivity contribution in [2.24, 2.45) is 0 Å². The Balaban J connectivity index is 1.64.